The summed E-state index contributed by atoms with van der Waals surface area (Å²) in [5.41, 5.74) is 0. The van der Waals surface area contributed by atoms with Crippen molar-refractivity contribution >= 4 is 17.7 Å². The van der Waals surface area contributed by atoms with Crippen LogP contribution < -0.4 is 0 Å². The van der Waals surface area contributed by atoms with Crippen molar-refractivity contribution in [1.29, 1.82) is 0 Å². The molecule has 1 unspecified atom stereocenters. The zero-order valence-electron chi connectivity index (χ0n) is 9.60. The van der Waals surface area contributed by atoms with Crippen molar-refractivity contribution in [3.05, 3.63) is 0 Å². The summed E-state index contributed by atoms with van der Waals surface area (Å²) in [6, 6.07) is 0. The van der Waals surface area contributed by atoms with E-state index in [9.17, 15) is 4.79 Å². The third-order valence-electron chi connectivity index (χ3n) is 2.71. The number of carbonyl (C=O) groups excluding carboxylic acids is 1. The Hall–Kier alpha value is -0.260. The SMILES string of the molecule is O=C(CSCC(O)CO)N1CCCCCC1. The third kappa shape index (κ3) is 5.18. The molecule has 1 saturated heterocycles. The number of likely N-dealkylation sites (tertiary alicyclic amines) is 1. The van der Waals surface area contributed by atoms with E-state index < -0.39 is 6.10 Å². The molecule has 0 aliphatic carbocycles. The zero-order valence-corrected chi connectivity index (χ0v) is 10.4. The highest BCUT2D eigenvalue weighted by Crippen LogP contribution is 2.12. The fourth-order valence-electron chi connectivity index (χ4n) is 1.75. The molecule has 0 aromatic rings. The molecular formula is C11H21NO3S. The maximum absolute atomic E-state index is 11.8. The van der Waals surface area contributed by atoms with Crippen LogP contribution in [0.3, 0.4) is 0 Å². The van der Waals surface area contributed by atoms with E-state index in [2.05, 4.69) is 0 Å². The Kier molecular flexibility index (Phi) is 6.84. The highest BCUT2D eigenvalue weighted by Gasteiger charge is 2.15. The molecule has 0 saturated carbocycles. The average molecular weight is 247 g/mol. The highest BCUT2D eigenvalue weighted by molar-refractivity contribution is 7.99. The van der Waals surface area contributed by atoms with Gasteiger partial charge >= 0.3 is 0 Å². The molecule has 1 rings (SSSR count). The minimum Gasteiger partial charge on any atom is -0.394 e. The summed E-state index contributed by atoms with van der Waals surface area (Å²) in [5.74, 6) is 1.00. The number of thioether (sulfide) groups is 1. The average Bonchev–Trinajstić information content (AvgIpc) is 2.57. The van der Waals surface area contributed by atoms with Gasteiger partial charge < -0.3 is 15.1 Å². The summed E-state index contributed by atoms with van der Waals surface area (Å²) in [4.78, 5) is 13.7. The molecule has 1 fully saturated rings. The standard InChI is InChI=1S/C11H21NO3S/c13-7-10(14)8-16-9-11(15)12-5-3-1-2-4-6-12/h10,13-14H,1-9H2. The maximum Gasteiger partial charge on any atom is 0.232 e. The lowest BCUT2D eigenvalue weighted by Gasteiger charge is -2.20. The first kappa shape index (κ1) is 13.8. The van der Waals surface area contributed by atoms with Gasteiger partial charge in [-0.1, -0.05) is 12.8 Å². The van der Waals surface area contributed by atoms with Crippen molar-refractivity contribution in [2.75, 3.05) is 31.2 Å². The van der Waals surface area contributed by atoms with E-state index in [1.165, 1.54) is 24.6 Å². The first-order chi connectivity index (χ1) is 7.74. The number of aliphatic hydroxyl groups excluding tert-OH is 2. The van der Waals surface area contributed by atoms with Crippen LogP contribution in [0.1, 0.15) is 25.7 Å². The van der Waals surface area contributed by atoms with Gasteiger partial charge in [0, 0.05) is 18.8 Å². The summed E-state index contributed by atoms with van der Waals surface area (Å²) in [7, 11) is 0. The monoisotopic (exact) mass is 247 g/mol. The molecule has 1 aliphatic heterocycles. The molecule has 4 nitrogen and oxygen atoms in total. The van der Waals surface area contributed by atoms with Gasteiger partial charge in [0.15, 0.2) is 0 Å². The Morgan fingerprint density at radius 1 is 1.25 bits per heavy atom. The van der Waals surface area contributed by atoms with Gasteiger partial charge in [0.1, 0.15) is 0 Å². The molecule has 5 heteroatoms. The van der Waals surface area contributed by atoms with Crippen LogP contribution in [0, 0.1) is 0 Å². The molecule has 0 radical (unpaired) electrons. The number of aliphatic hydroxyl groups is 2. The lowest BCUT2D eigenvalue weighted by Crippen LogP contribution is -2.33. The van der Waals surface area contributed by atoms with Crippen LogP contribution in [0.2, 0.25) is 0 Å². The molecule has 0 aromatic carbocycles. The Labute approximate surface area is 101 Å². The first-order valence-electron chi connectivity index (χ1n) is 5.88. The molecule has 1 heterocycles. The molecule has 1 atom stereocenters. The van der Waals surface area contributed by atoms with Crippen LogP contribution in [-0.4, -0.2) is 58.3 Å². The van der Waals surface area contributed by atoms with E-state index in [1.54, 1.807) is 0 Å². The molecule has 2 N–H and O–H groups in total. The molecule has 16 heavy (non-hydrogen) atoms. The summed E-state index contributed by atoms with van der Waals surface area (Å²) in [5, 5.41) is 17.8. The fraction of sp³-hybridized carbons (Fsp3) is 0.909. The molecule has 1 amide bonds. The van der Waals surface area contributed by atoms with Gasteiger partial charge in [0.05, 0.1) is 18.5 Å². The van der Waals surface area contributed by atoms with Gasteiger partial charge in [-0.25, -0.2) is 0 Å². The summed E-state index contributed by atoms with van der Waals surface area (Å²) in [6.45, 7) is 1.52. The van der Waals surface area contributed by atoms with Gasteiger partial charge in [-0.3, -0.25) is 4.79 Å². The highest BCUT2D eigenvalue weighted by atomic mass is 32.2. The Balaban J connectivity index is 2.17. The molecular weight excluding hydrogens is 226 g/mol. The number of amides is 1. The summed E-state index contributed by atoms with van der Waals surface area (Å²) >= 11 is 1.39. The van der Waals surface area contributed by atoms with E-state index in [1.807, 2.05) is 4.90 Å². The van der Waals surface area contributed by atoms with Gasteiger partial charge in [-0.2, -0.15) is 0 Å². The molecule has 0 spiro atoms. The zero-order chi connectivity index (χ0) is 11.8. The van der Waals surface area contributed by atoms with Gasteiger partial charge in [0.25, 0.3) is 0 Å². The van der Waals surface area contributed by atoms with E-state index in [4.69, 9.17) is 10.2 Å². The third-order valence-corrected chi connectivity index (χ3v) is 3.78. The van der Waals surface area contributed by atoms with Crippen LogP contribution in [0.4, 0.5) is 0 Å². The normalized spacial score (nSPS) is 19.2. The van der Waals surface area contributed by atoms with Crippen molar-refractivity contribution in [3.63, 3.8) is 0 Å². The Bertz CT molecular complexity index is 205. The topological polar surface area (TPSA) is 60.8 Å². The fourth-order valence-corrected chi connectivity index (χ4v) is 2.60. The number of nitrogens with zero attached hydrogens (tertiary/aromatic N) is 1. The number of hydrogen-bond donors (Lipinski definition) is 2. The Morgan fingerprint density at radius 2 is 1.88 bits per heavy atom. The minimum absolute atomic E-state index is 0.164. The lowest BCUT2D eigenvalue weighted by molar-refractivity contribution is -0.128. The predicted molar refractivity (Wildman–Crippen MR) is 65.5 cm³/mol. The van der Waals surface area contributed by atoms with Gasteiger partial charge in [-0.05, 0) is 12.8 Å². The summed E-state index contributed by atoms with van der Waals surface area (Å²) in [6.07, 6.45) is 3.95. The number of carbonyl (C=O) groups is 1. The van der Waals surface area contributed by atoms with Crippen LogP contribution in [0.15, 0.2) is 0 Å². The first-order valence-corrected chi connectivity index (χ1v) is 7.04. The van der Waals surface area contributed by atoms with Crippen LogP contribution in [0.25, 0.3) is 0 Å². The smallest absolute Gasteiger partial charge is 0.232 e. The Morgan fingerprint density at radius 3 is 2.44 bits per heavy atom. The minimum atomic E-state index is -0.707. The molecule has 1 aliphatic rings. The van der Waals surface area contributed by atoms with Crippen molar-refractivity contribution in [3.8, 4) is 0 Å². The number of rotatable bonds is 5. The second-order valence-electron chi connectivity index (χ2n) is 4.15. The number of hydrogen-bond acceptors (Lipinski definition) is 4. The molecule has 0 aromatic heterocycles. The predicted octanol–water partition coefficient (Wildman–Crippen LogP) is 0.475. The van der Waals surface area contributed by atoms with Gasteiger partial charge in [0.2, 0.25) is 5.91 Å². The van der Waals surface area contributed by atoms with Gasteiger partial charge in [-0.15, -0.1) is 11.8 Å². The van der Waals surface area contributed by atoms with Crippen molar-refractivity contribution in [2.24, 2.45) is 0 Å². The van der Waals surface area contributed by atoms with Crippen molar-refractivity contribution in [1.82, 2.24) is 4.90 Å². The van der Waals surface area contributed by atoms with E-state index in [0.29, 0.717) is 11.5 Å². The van der Waals surface area contributed by atoms with E-state index in [-0.39, 0.29) is 12.5 Å². The van der Waals surface area contributed by atoms with Crippen LogP contribution in [0.5, 0.6) is 0 Å². The quantitative estimate of drug-likeness (QED) is 0.741. The van der Waals surface area contributed by atoms with E-state index >= 15 is 0 Å². The lowest BCUT2D eigenvalue weighted by atomic mass is 10.2. The second kappa shape index (κ2) is 7.92. The largest absolute Gasteiger partial charge is 0.394 e. The molecule has 94 valence electrons. The second-order valence-corrected chi connectivity index (χ2v) is 5.18. The van der Waals surface area contributed by atoms with Crippen molar-refractivity contribution < 1.29 is 15.0 Å². The maximum atomic E-state index is 11.8. The van der Waals surface area contributed by atoms with Crippen molar-refractivity contribution in [2.45, 2.75) is 31.8 Å². The van der Waals surface area contributed by atoms with E-state index in [0.717, 1.165) is 25.9 Å². The molecule has 0 bridgehead atoms. The summed E-state index contributed by atoms with van der Waals surface area (Å²) < 4.78 is 0. The van der Waals surface area contributed by atoms with Crippen LogP contribution in [-0.2, 0) is 4.79 Å². The van der Waals surface area contributed by atoms with Crippen LogP contribution >= 0.6 is 11.8 Å².